The van der Waals surface area contributed by atoms with Crippen LogP contribution in [0.5, 0.6) is 5.75 Å². The molecule has 2 aliphatic heterocycles. The van der Waals surface area contributed by atoms with Crippen LogP contribution in [0, 0.1) is 6.92 Å². The average molecular weight is 370 g/mol. The lowest BCUT2D eigenvalue weighted by Crippen LogP contribution is -2.33. The van der Waals surface area contributed by atoms with Gasteiger partial charge in [-0.1, -0.05) is 34.1 Å². The zero-order chi connectivity index (χ0) is 16.0. The SMILES string of the molecule is Cc1cc2c3c(c1)OCCN3C=C(C(=O)c1ccccc1Br)C2. The molecule has 0 spiro atoms. The van der Waals surface area contributed by atoms with Crippen LogP contribution in [0.1, 0.15) is 21.5 Å². The van der Waals surface area contributed by atoms with E-state index in [4.69, 9.17) is 4.74 Å². The Morgan fingerprint density at radius 3 is 2.91 bits per heavy atom. The van der Waals surface area contributed by atoms with Crippen molar-refractivity contribution in [3.8, 4) is 5.75 Å². The fourth-order valence-electron chi connectivity index (χ4n) is 3.28. The first-order valence-electron chi connectivity index (χ1n) is 7.66. The topological polar surface area (TPSA) is 29.5 Å². The average Bonchev–Trinajstić information content (AvgIpc) is 2.54. The number of carbonyl (C=O) groups is 1. The van der Waals surface area contributed by atoms with Gasteiger partial charge < -0.3 is 9.64 Å². The predicted octanol–water partition coefficient (Wildman–Crippen LogP) is 4.28. The van der Waals surface area contributed by atoms with Crippen molar-refractivity contribution in [2.24, 2.45) is 0 Å². The number of Topliss-reactive ketones (excluding diaryl/α,β-unsaturated/α-hetero) is 1. The zero-order valence-electron chi connectivity index (χ0n) is 12.8. The maximum Gasteiger partial charge on any atom is 0.191 e. The van der Waals surface area contributed by atoms with E-state index in [0.717, 1.165) is 39.2 Å². The van der Waals surface area contributed by atoms with Crippen molar-refractivity contribution in [3.05, 3.63) is 69.3 Å². The number of rotatable bonds is 2. The lowest BCUT2D eigenvalue weighted by Gasteiger charge is -2.34. The summed E-state index contributed by atoms with van der Waals surface area (Å²) in [7, 11) is 0. The summed E-state index contributed by atoms with van der Waals surface area (Å²) in [5.41, 5.74) is 4.98. The molecule has 0 N–H and O–H groups in total. The summed E-state index contributed by atoms with van der Waals surface area (Å²) in [6, 6.07) is 11.8. The molecule has 4 heteroatoms. The predicted molar refractivity (Wildman–Crippen MR) is 94.3 cm³/mol. The third-order valence-electron chi connectivity index (χ3n) is 4.28. The Morgan fingerprint density at radius 1 is 1.26 bits per heavy atom. The Kier molecular flexibility index (Phi) is 3.49. The summed E-state index contributed by atoms with van der Waals surface area (Å²) in [6.45, 7) is 3.48. The second-order valence-electron chi connectivity index (χ2n) is 5.95. The molecule has 116 valence electrons. The molecule has 0 saturated carbocycles. The van der Waals surface area contributed by atoms with E-state index in [1.807, 2.05) is 30.5 Å². The quantitative estimate of drug-likeness (QED) is 0.739. The molecular weight excluding hydrogens is 354 g/mol. The Hall–Kier alpha value is -2.07. The highest BCUT2D eigenvalue weighted by Gasteiger charge is 2.28. The molecule has 0 atom stereocenters. The van der Waals surface area contributed by atoms with Crippen molar-refractivity contribution in [1.82, 2.24) is 0 Å². The van der Waals surface area contributed by atoms with Crippen molar-refractivity contribution in [3.63, 3.8) is 0 Å². The van der Waals surface area contributed by atoms with Gasteiger partial charge in [-0.05, 0) is 36.2 Å². The van der Waals surface area contributed by atoms with Gasteiger partial charge in [0.25, 0.3) is 0 Å². The summed E-state index contributed by atoms with van der Waals surface area (Å²) < 4.78 is 6.62. The smallest absolute Gasteiger partial charge is 0.191 e. The first-order chi connectivity index (χ1) is 11.1. The maximum atomic E-state index is 12.9. The van der Waals surface area contributed by atoms with Crippen LogP contribution in [-0.2, 0) is 6.42 Å². The number of hydrogen-bond donors (Lipinski definition) is 0. The summed E-state index contributed by atoms with van der Waals surface area (Å²) in [6.07, 6.45) is 2.63. The van der Waals surface area contributed by atoms with Crippen molar-refractivity contribution in [1.29, 1.82) is 0 Å². The van der Waals surface area contributed by atoms with E-state index in [0.29, 0.717) is 18.6 Å². The van der Waals surface area contributed by atoms with Gasteiger partial charge in [0.1, 0.15) is 12.4 Å². The standard InChI is InChI=1S/C19H16BrNO2/c1-12-8-13-10-14(19(22)15-4-2-3-5-16(15)20)11-21-6-7-23-17(9-12)18(13)21/h2-5,8-9,11H,6-7,10H2,1H3. The normalized spacial score (nSPS) is 15.6. The Morgan fingerprint density at radius 2 is 2.09 bits per heavy atom. The molecule has 2 heterocycles. The Bertz CT molecular complexity index is 841. The molecule has 3 nitrogen and oxygen atoms in total. The van der Waals surface area contributed by atoms with E-state index >= 15 is 0 Å². The number of carbonyl (C=O) groups excluding carboxylic acids is 1. The number of benzene rings is 2. The molecule has 0 aromatic heterocycles. The summed E-state index contributed by atoms with van der Waals surface area (Å²) >= 11 is 3.48. The second-order valence-corrected chi connectivity index (χ2v) is 6.81. The van der Waals surface area contributed by atoms with Crippen molar-refractivity contribution < 1.29 is 9.53 Å². The molecule has 0 radical (unpaired) electrons. The van der Waals surface area contributed by atoms with Gasteiger partial charge in [0.15, 0.2) is 5.78 Å². The molecule has 2 aliphatic rings. The summed E-state index contributed by atoms with van der Waals surface area (Å²) in [5.74, 6) is 1.01. The molecule has 2 aromatic carbocycles. The first kappa shape index (κ1) is 14.5. The van der Waals surface area contributed by atoms with Crippen LogP contribution in [0.15, 0.2) is 52.6 Å². The Balaban J connectivity index is 1.77. The van der Waals surface area contributed by atoms with Gasteiger partial charge in [-0.25, -0.2) is 0 Å². The fourth-order valence-corrected chi connectivity index (χ4v) is 3.74. The van der Waals surface area contributed by atoms with Gasteiger partial charge in [-0.3, -0.25) is 4.79 Å². The van der Waals surface area contributed by atoms with Crippen LogP contribution in [0.3, 0.4) is 0 Å². The molecule has 0 aliphatic carbocycles. The van der Waals surface area contributed by atoms with E-state index in [1.54, 1.807) is 0 Å². The highest BCUT2D eigenvalue weighted by Crippen LogP contribution is 2.41. The first-order valence-corrected chi connectivity index (χ1v) is 8.45. The molecule has 23 heavy (non-hydrogen) atoms. The van der Waals surface area contributed by atoms with Crippen LogP contribution >= 0.6 is 15.9 Å². The fraction of sp³-hybridized carbons (Fsp3) is 0.211. The maximum absolute atomic E-state index is 12.9. The van der Waals surface area contributed by atoms with E-state index < -0.39 is 0 Å². The monoisotopic (exact) mass is 369 g/mol. The van der Waals surface area contributed by atoms with Gasteiger partial charge in [0.2, 0.25) is 0 Å². The number of anilines is 1. The number of halogens is 1. The lowest BCUT2D eigenvalue weighted by atomic mass is 9.92. The minimum atomic E-state index is 0.0812. The molecule has 0 unspecified atom stereocenters. The van der Waals surface area contributed by atoms with Crippen LogP contribution in [-0.4, -0.2) is 18.9 Å². The minimum absolute atomic E-state index is 0.0812. The van der Waals surface area contributed by atoms with Gasteiger partial charge in [0.05, 0.1) is 12.2 Å². The molecule has 0 saturated heterocycles. The molecular formula is C19H16BrNO2. The molecule has 0 amide bonds. The third kappa shape index (κ3) is 2.47. The van der Waals surface area contributed by atoms with Crippen LogP contribution in [0.2, 0.25) is 0 Å². The van der Waals surface area contributed by atoms with Crippen molar-refractivity contribution in [2.45, 2.75) is 13.3 Å². The highest BCUT2D eigenvalue weighted by molar-refractivity contribution is 9.10. The minimum Gasteiger partial charge on any atom is -0.490 e. The molecule has 4 rings (SSSR count). The summed E-state index contributed by atoms with van der Waals surface area (Å²) in [5, 5.41) is 0. The van der Waals surface area contributed by atoms with Gasteiger partial charge >= 0.3 is 0 Å². The number of ketones is 1. The van der Waals surface area contributed by atoms with Gasteiger partial charge in [-0.2, -0.15) is 0 Å². The van der Waals surface area contributed by atoms with E-state index in [2.05, 4.69) is 39.9 Å². The van der Waals surface area contributed by atoms with Crippen molar-refractivity contribution in [2.75, 3.05) is 18.1 Å². The number of allylic oxidation sites excluding steroid dienone is 1. The second kappa shape index (κ2) is 5.53. The van der Waals surface area contributed by atoms with Crippen LogP contribution in [0.4, 0.5) is 5.69 Å². The van der Waals surface area contributed by atoms with Crippen LogP contribution < -0.4 is 9.64 Å². The van der Waals surface area contributed by atoms with Gasteiger partial charge in [-0.15, -0.1) is 0 Å². The summed E-state index contributed by atoms with van der Waals surface area (Å²) in [4.78, 5) is 15.1. The Labute approximate surface area is 143 Å². The van der Waals surface area contributed by atoms with E-state index in [-0.39, 0.29) is 5.78 Å². The number of aryl methyl sites for hydroxylation is 1. The largest absolute Gasteiger partial charge is 0.490 e. The zero-order valence-corrected chi connectivity index (χ0v) is 14.4. The lowest BCUT2D eigenvalue weighted by molar-refractivity contribution is 0.103. The number of ether oxygens (including phenoxy) is 1. The van der Waals surface area contributed by atoms with Crippen LogP contribution in [0.25, 0.3) is 0 Å². The molecule has 0 fully saturated rings. The number of nitrogens with zero attached hydrogens (tertiary/aromatic N) is 1. The molecule has 2 aromatic rings. The highest BCUT2D eigenvalue weighted by atomic mass is 79.9. The van der Waals surface area contributed by atoms with E-state index in [1.165, 1.54) is 0 Å². The number of hydrogen-bond acceptors (Lipinski definition) is 3. The van der Waals surface area contributed by atoms with Gasteiger partial charge in [0, 0.05) is 28.2 Å². The van der Waals surface area contributed by atoms with Crippen molar-refractivity contribution >= 4 is 27.4 Å². The molecule has 0 bridgehead atoms. The third-order valence-corrected chi connectivity index (χ3v) is 4.97. The van der Waals surface area contributed by atoms with E-state index in [9.17, 15) is 4.79 Å².